The molecular weight excluding hydrogens is 370 g/mol. The maximum absolute atomic E-state index is 12.8. The van der Waals surface area contributed by atoms with Gasteiger partial charge in [-0.2, -0.15) is 0 Å². The number of hydrogen-bond donors (Lipinski definition) is 1. The minimum Gasteiger partial charge on any atom is -0.493 e. The Kier molecular flexibility index (Phi) is 5.87. The molecule has 152 valence electrons. The van der Waals surface area contributed by atoms with Gasteiger partial charge in [-0.05, 0) is 64.4 Å². The van der Waals surface area contributed by atoms with E-state index >= 15 is 0 Å². The number of benzene rings is 1. The molecular formula is C22H25N3O4. The number of aryl methyl sites for hydroxylation is 5. The molecule has 29 heavy (non-hydrogen) atoms. The van der Waals surface area contributed by atoms with E-state index in [1.165, 1.54) is 7.11 Å². The summed E-state index contributed by atoms with van der Waals surface area (Å²) < 4.78 is 16.5. The molecule has 2 aromatic heterocycles. The fourth-order valence-corrected chi connectivity index (χ4v) is 3.18. The monoisotopic (exact) mass is 395 g/mol. The van der Waals surface area contributed by atoms with Crippen molar-refractivity contribution in [1.29, 1.82) is 0 Å². The van der Waals surface area contributed by atoms with Crippen LogP contribution in [-0.2, 0) is 6.61 Å². The molecule has 0 atom stereocenters. The predicted octanol–water partition coefficient (Wildman–Crippen LogP) is 4.45. The van der Waals surface area contributed by atoms with Crippen molar-refractivity contribution in [1.82, 2.24) is 10.1 Å². The summed E-state index contributed by atoms with van der Waals surface area (Å²) in [5.41, 5.74) is 5.53. The van der Waals surface area contributed by atoms with Crippen molar-refractivity contribution in [3.05, 3.63) is 63.8 Å². The number of nitrogens with one attached hydrogen (secondary N) is 1. The summed E-state index contributed by atoms with van der Waals surface area (Å²) in [7, 11) is 1.54. The lowest BCUT2D eigenvalue weighted by atomic mass is 10.1. The quantitative estimate of drug-likeness (QED) is 0.663. The number of methoxy groups -OCH3 is 1. The average molecular weight is 395 g/mol. The largest absolute Gasteiger partial charge is 0.493 e. The number of carbonyl (C=O) groups excluding carboxylic acids is 1. The number of ether oxygens (including phenoxy) is 2. The molecule has 0 unspecified atom stereocenters. The van der Waals surface area contributed by atoms with Gasteiger partial charge in [0.15, 0.2) is 11.5 Å². The molecule has 1 amide bonds. The molecule has 0 saturated heterocycles. The van der Waals surface area contributed by atoms with Crippen molar-refractivity contribution in [2.24, 2.45) is 0 Å². The van der Waals surface area contributed by atoms with E-state index in [0.29, 0.717) is 23.7 Å². The van der Waals surface area contributed by atoms with Gasteiger partial charge in [-0.15, -0.1) is 0 Å². The van der Waals surface area contributed by atoms with Gasteiger partial charge in [0, 0.05) is 11.3 Å². The van der Waals surface area contributed by atoms with E-state index in [-0.39, 0.29) is 5.91 Å². The van der Waals surface area contributed by atoms with Gasteiger partial charge >= 0.3 is 0 Å². The van der Waals surface area contributed by atoms with Crippen LogP contribution in [0.4, 0.5) is 5.69 Å². The molecule has 0 aliphatic rings. The maximum Gasteiger partial charge on any atom is 0.255 e. The molecule has 0 bridgehead atoms. The highest BCUT2D eigenvalue weighted by Gasteiger charge is 2.16. The van der Waals surface area contributed by atoms with Gasteiger partial charge in [0.25, 0.3) is 5.91 Å². The first-order chi connectivity index (χ1) is 13.8. The van der Waals surface area contributed by atoms with E-state index in [1.54, 1.807) is 18.2 Å². The number of aromatic nitrogens is 2. The van der Waals surface area contributed by atoms with E-state index in [4.69, 9.17) is 14.0 Å². The molecule has 0 fully saturated rings. The van der Waals surface area contributed by atoms with E-state index in [9.17, 15) is 4.79 Å². The Bertz CT molecular complexity index is 1010. The minimum atomic E-state index is -0.238. The summed E-state index contributed by atoms with van der Waals surface area (Å²) in [4.78, 5) is 17.2. The second-order valence-electron chi connectivity index (χ2n) is 6.95. The number of amides is 1. The van der Waals surface area contributed by atoms with Crippen molar-refractivity contribution in [2.45, 2.75) is 41.2 Å². The molecule has 7 nitrogen and oxygen atoms in total. The van der Waals surface area contributed by atoms with E-state index in [1.807, 2.05) is 40.7 Å². The van der Waals surface area contributed by atoms with Crippen molar-refractivity contribution >= 4 is 11.6 Å². The number of pyridine rings is 1. The smallest absolute Gasteiger partial charge is 0.255 e. The number of anilines is 1. The molecule has 1 N–H and O–H groups in total. The molecule has 1 aromatic carbocycles. The number of rotatable bonds is 6. The first kappa shape index (κ1) is 20.4. The van der Waals surface area contributed by atoms with Crippen LogP contribution < -0.4 is 14.8 Å². The number of hydrogen-bond acceptors (Lipinski definition) is 6. The molecule has 0 spiro atoms. The maximum atomic E-state index is 12.8. The van der Waals surface area contributed by atoms with Crippen LogP contribution in [-0.4, -0.2) is 23.2 Å². The van der Waals surface area contributed by atoms with Crippen molar-refractivity contribution in [2.75, 3.05) is 12.4 Å². The summed E-state index contributed by atoms with van der Waals surface area (Å²) in [6.07, 6.45) is 0. The van der Waals surface area contributed by atoms with Crippen LogP contribution in [0.1, 0.15) is 44.3 Å². The fourth-order valence-electron chi connectivity index (χ4n) is 3.18. The van der Waals surface area contributed by atoms with Crippen LogP contribution in [0, 0.1) is 34.6 Å². The van der Waals surface area contributed by atoms with E-state index in [2.05, 4.69) is 15.5 Å². The topological polar surface area (TPSA) is 86.5 Å². The average Bonchev–Trinajstić information content (AvgIpc) is 3.00. The Balaban J connectivity index is 1.78. The highest BCUT2D eigenvalue weighted by Crippen LogP contribution is 2.30. The van der Waals surface area contributed by atoms with Crippen LogP contribution in [0.5, 0.6) is 11.5 Å². The molecule has 7 heteroatoms. The van der Waals surface area contributed by atoms with Gasteiger partial charge in [0.1, 0.15) is 12.4 Å². The highest BCUT2D eigenvalue weighted by atomic mass is 16.5. The lowest BCUT2D eigenvalue weighted by Gasteiger charge is -2.14. The zero-order valence-electron chi connectivity index (χ0n) is 17.5. The molecule has 0 aliphatic carbocycles. The Morgan fingerprint density at radius 2 is 1.83 bits per heavy atom. The second kappa shape index (κ2) is 8.34. The van der Waals surface area contributed by atoms with Gasteiger partial charge in [-0.3, -0.25) is 9.78 Å². The molecule has 0 radical (unpaired) electrons. The first-order valence-corrected chi connectivity index (χ1v) is 9.29. The third-order valence-corrected chi connectivity index (χ3v) is 4.74. The summed E-state index contributed by atoms with van der Waals surface area (Å²) in [6.45, 7) is 9.76. The van der Waals surface area contributed by atoms with Gasteiger partial charge in [-0.25, -0.2) is 0 Å². The Morgan fingerprint density at radius 3 is 2.45 bits per heavy atom. The van der Waals surface area contributed by atoms with Gasteiger partial charge in [-0.1, -0.05) is 5.16 Å². The van der Waals surface area contributed by atoms with E-state index < -0.39 is 0 Å². The Labute approximate surface area is 170 Å². The van der Waals surface area contributed by atoms with E-state index in [0.717, 1.165) is 39.7 Å². The summed E-state index contributed by atoms with van der Waals surface area (Å²) in [5.74, 6) is 1.49. The van der Waals surface area contributed by atoms with Gasteiger partial charge in [0.2, 0.25) is 0 Å². The SMILES string of the molecule is COc1cc(C(=O)Nc2c(C)cc(C)nc2C)ccc1OCc1c(C)noc1C. The van der Waals surface area contributed by atoms with Crippen LogP contribution in [0.25, 0.3) is 0 Å². The van der Waals surface area contributed by atoms with Crippen molar-refractivity contribution in [3.8, 4) is 11.5 Å². The number of nitrogens with zero attached hydrogens (tertiary/aromatic N) is 2. The molecule has 0 aliphatic heterocycles. The van der Waals surface area contributed by atoms with Crippen molar-refractivity contribution in [3.63, 3.8) is 0 Å². The summed E-state index contributed by atoms with van der Waals surface area (Å²) >= 11 is 0. The molecule has 3 aromatic rings. The number of carbonyl (C=O) groups is 1. The highest BCUT2D eigenvalue weighted by molar-refractivity contribution is 6.05. The predicted molar refractivity (Wildman–Crippen MR) is 110 cm³/mol. The molecule has 0 saturated carbocycles. The zero-order valence-corrected chi connectivity index (χ0v) is 17.5. The zero-order chi connectivity index (χ0) is 21.1. The Hall–Kier alpha value is -3.35. The van der Waals surface area contributed by atoms with Gasteiger partial charge < -0.3 is 19.3 Å². The van der Waals surface area contributed by atoms with Crippen LogP contribution in [0.2, 0.25) is 0 Å². The third-order valence-electron chi connectivity index (χ3n) is 4.74. The van der Waals surface area contributed by atoms with Crippen LogP contribution in [0.15, 0.2) is 28.8 Å². The summed E-state index contributed by atoms with van der Waals surface area (Å²) in [6, 6.07) is 7.02. The molecule has 2 heterocycles. The van der Waals surface area contributed by atoms with Crippen molar-refractivity contribution < 1.29 is 18.8 Å². The third kappa shape index (κ3) is 4.39. The standard InChI is InChI=1S/C22H25N3O4/c1-12-9-13(2)23-15(4)21(12)24-22(26)17-7-8-19(20(10-17)27-6)28-11-18-14(3)25-29-16(18)5/h7-10H,11H2,1-6H3,(H,24,26). The Morgan fingerprint density at radius 1 is 1.07 bits per heavy atom. The van der Waals surface area contributed by atoms with Gasteiger partial charge in [0.05, 0.1) is 29.7 Å². The summed E-state index contributed by atoms with van der Waals surface area (Å²) in [5, 5.41) is 6.87. The second-order valence-corrected chi connectivity index (χ2v) is 6.95. The lowest BCUT2D eigenvalue weighted by molar-refractivity contribution is 0.102. The van der Waals surface area contributed by atoms with Crippen LogP contribution in [0.3, 0.4) is 0 Å². The first-order valence-electron chi connectivity index (χ1n) is 9.29. The van der Waals surface area contributed by atoms with Crippen LogP contribution >= 0.6 is 0 Å². The lowest BCUT2D eigenvalue weighted by Crippen LogP contribution is -2.15. The minimum absolute atomic E-state index is 0.238. The normalized spacial score (nSPS) is 10.7. The fraction of sp³-hybridized carbons (Fsp3) is 0.318. The molecule has 3 rings (SSSR count).